The smallest absolute Gasteiger partial charge is 0.432 e. The molecule has 0 aromatic heterocycles. The summed E-state index contributed by atoms with van der Waals surface area (Å²) in [6.07, 6.45) is -0.224. The van der Waals surface area contributed by atoms with Gasteiger partial charge in [-0.15, -0.1) is 0 Å². The van der Waals surface area contributed by atoms with Crippen LogP contribution in [0.3, 0.4) is 0 Å². The Morgan fingerprint density at radius 2 is 2.08 bits per heavy atom. The molecule has 0 fully saturated rings. The van der Waals surface area contributed by atoms with Gasteiger partial charge in [0.1, 0.15) is 0 Å². The van der Waals surface area contributed by atoms with Gasteiger partial charge in [-0.05, 0) is 6.92 Å². The minimum Gasteiger partial charge on any atom is -0.432 e. The lowest BCUT2D eigenvalue weighted by Crippen LogP contribution is -2.06. The summed E-state index contributed by atoms with van der Waals surface area (Å²) in [5, 5.41) is 0. The topological polar surface area (TPSA) is 93.1 Å². The Morgan fingerprint density at radius 3 is 2.46 bits per heavy atom. The molecule has 0 aromatic rings. The summed E-state index contributed by atoms with van der Waals surface area (Å²) >= 11 is 0. The number of allylic oxidation sites excluding steroid dienone is 1. The summed E-state index contributed by atoms with van der Waals surface area (Å²) < 4.78 is 18.7. The lowest BCUT2D eigenvalue weighted by atomic mass is 10.5. The quantitative estimate of drug-likeness (QED) is 0.391. The predicted octanol–water partition coefficient (Wildman–Crippen LogP) is 0.563. The van der Waals surface area contributed by atoms with Crippen LogP contribution in [0, 0.1) is 0 Å². The molecule has 0 spiro atoms. The van der Waals surface area contributed by atoms with Crippen molar-refractivity contribution in [3.05, 3.63) is 12.3 Å². The van der Waals surface area contributed by atoms with Crippen molar-refractivity contribution in [1.29, 1.82) is 0 Å². The largest absolute Gasteiger partial charge is 0.469 e. The van der Waals surface area contributed by atoms with Gasteiger partial charge in [0.2, 0.25) is 0 Å². The Bertz CT molecular complexity index is 242. The van der Waals surface area contributed by atoms with Crippen LogP contribution in [-0.2, 0) is 18.6 Å². The van der Waals surface area contributed by atoms with Gasteiger partial charge in [0, 0.05) is 0 Å². The maximum Gasteiger partial charge on any atom is 0.469 e. The first kappa shape index (κ1) is 12.3. The Labute approximate surface area is 75.4 Å². The molecule has 0 heterocycles. The summed E-state index contributed by atoms with van der Waals surface area (Å²) in [6, 6.07) is 0. The molecule has 0 bridgehead atoms. The van der Waals surface area contributed by atoms with Gasteiger partial charge >= 0.3 is 13.8 Å². The van der Waals surface area contributed by atoms with Gasteiger partial charge in [-0.3, -0.25) is 9.32 Å². The van der Waals surface area contributed by atoms with Crippen molar-refractivity contribution in [2.45, 2.75) is 13.3 Å². The summed E-state index contributed by atoms with van der Waals surface area (Å²) in [6.45, 7) is 4.42. The van der Waals surface area contributed by atoms with E-state index in [9.17, 15) is 9.36 Å². The van der Waals surface area contributed by atoms with Crippen LogP contribution in [0.1, 0.15) is 13.3 Å². The first-order chi connectivity index (χ1) is 5.81. The lowest BCUT2D eigenvalue weighted by Gasteiger charge is -2.04. The standard InChI is InChI=1S/C6H11O6P/c1-5(2)12-6(7)3-4-11-13(8,9)10/h1,3-4H2,2H3,(H2,8,9,10). The van der Waals surface area contributed by atoms with Gasteiger partial charge in [-0.2, -0.15) is 0 Å². The number of rotatable bonds is 5. The van der Waals surface area contributed by atoms with E-state index >= 15 is 0 Å². The predicted molar refractivity (Wildman–Crippen MR) is 43.5 cm³/mol. The molecule has 0 atom stereocenters. The molecule has 6 nitrogen and oxygen atoms in total. The monoisotopic (exact) mass is 210 g/mol. The average molecular weight is 210 g/mol. The van der Waals surface area contributed by atoms with Gasteiger partial charge in [0.15, 0.2) is 0 Å². The van der Waals surface area contributed by atoms with Crippen molar-refractivity contribution in [3.63, 3.8) is 0 Å². The van der Waals surface area contributed by atoms with Gasteiger partial charge in [0.25, 0.3) is 0 Å². The van der Waals surface area contributed by atoms with Gasteiger partial charge in [-0.25, -0.2) is 4.57 Å². The van der Waals surface area contributed by atoms with Gasteiger partial charge in [0.05, 0.1) is 18.8 Å². The third kappa shape index (κ3) is 9.23. The minimum atomic E-state index is -4.49. The van der Waals surface area contributed by atoms with E-state index in [0.717, 1.165) is 0 Å². The van der Waals surface area contributed by atoms with E-state index in [0.29, 0.717) is 0 Å². The fourth-order valence-electron chi connectivity index (χ4n) is 0.493. The van der Waals surface area contributed by atoms with Crippen LogP contribution in [0.15, 0.2) is 12.3 Å². The second-order valence-corrected chi connectivity index (χ2v) is 3.49. The third-order valence-electron chi connectivity index (χ3n) is 0.854. The molecule has 0 aliphatic carbocycles. The van der Waals surface area contributed by atoms with E-state index in [1.165, 1.54) is 6.92 Å². The van der Waals surface area contributed by atoms with E-state index in [1.54, 1.807) is 0 Å². The fourth-order valence-corrected chi connectivity index (χ4v) is 0.822. The van der Waals surface area contributed by atoms with Gasteiger partial charge in [-0.1, -0.05) is 6.58 Å². The van der Waals surface area contributed by atoms with E-state index in [-0.39, 0.29) is 18.8 Å². The zero-order valence-corrected chi connectivity index (χ0v) is 7.99. The number of carbonyl (C=O) groups excluding carboxylic acids is 1. The second kappa shape index (κ2) is 5.14. The molecular weight excluding hydrogens is 199 g/mol. The van der Waals surface area contributed by atoms with Crippen LogP contribution in [0.25, 0.3) is 0 Å². The highest BCUT2D eigenvalue weighted by Crippen LogP contribution is 2.35. The Hall–Kier alpha value is -0.680. The molecule has 0 amide bonds. The summed E-state index contributed by atoms with van der Waals surface area (Å²) in [4.78, 5) is 27.2. The molecule has 0 saturated heterocycles. The molecule has 76 valence electrons. The minimum absolute atomic E-state index is 0.223. The number of esters is 1. The summed E-state index contributed by atoms with van der Waals surface area (Å²) in [7, 11) is -4.49. The highest BCUT2D eigenvalue weighted by molar-refractivity contribution is 7.46. The zero-order valence-electron chi connectivity index (χ0n) is 7.10. The van der Waals surface area contributed by atoms with Gasteiger partial charge < -0.3 is 14.5 Å². The Balaban J connectivity index is 3.60. The number of hydrogen-bond donors (Lipinski definition) is 2. The number of phosphoric ester groups is 1. The molecule has 0 saturated carbocycles. The molecule has 0 radical (unpaired) electrons. The van der Waals surface area contributed by atoms with Crippen LogP contribution in [-0.4, -0.2) is 22.4 Å². The molecule has 7 heteroatoms. The zero-order chi connectivity index (χ0) is 10.5. The number of carbonyl (C=O) groups is 1. The normalized spacial score (nSPS) is 11.0. The Kier molecular flexibility index (Phi) is 4.87. The molecule has 0 unspecified atom stereocenters. The van der Waals surface area contributed by atoms with Crippen molar-refractivity contribution < 1.29 is 28.4 Å². The van der Waals surface area contributed by atoms with E-state index in [1.807, 2.05) is 0 Å². The maximum absolute atomic E-state index is 10.7. The van der Waals surface area contributed by atoms with E-state index in [4.69, 9.17) is 9.79 Å². The van der Waals surface area contributed by atoms with Crippen LogP contribution in [0.4, 0.5) is 0 Å². The van der Waals surface area contributed by atoms with E-state index < -0.39 is 13.8 Å². The average Bonchev–Trinajstić information content (AvgIpc) is 1.81. The lowest BCUT2D eigenvalue weighted by molar-refractivity contribution is -0.139. The highest BCUT2D eigenvalue weighted by atomic mass is 31.2. The van der Waals surface area contributed by atoms with Crippen LogP contribution >= 0.6 is 7.82 Å². The van der Waals surface area contributed by atoms with Crippen LogP contribution in [0.5, 0.6) is 0 Å². The molecule has 2 N–H and O–H groups in total. The summed E-state index contributed by atoms with van der Waals surface area (Å²) in [5.41, 5.74) is 0. The first-order valence-corrected chi connectivity index (χ1v) is 4.90. The molecule has 0 aliphatic heterocycles. The van der Waals surface area contributed by atoms with Crippen molar-refractivity contribution in [2.75, 3.05) is 6.61 Å². The van der Waals surface area contributed by atoms with Crippen molar-refractivity contribution in [2.24, 2.45) is 0 Å². The van der Waals surface area contributed by atoms with Crippen LogP contribution < -0.4 is 0 Å². The first-order valence-electron chi connectivity index (χ1n) is 3.37. The number of ether oxygens (including phenoxy) is 1. The molecule has 0 aliphatic rings. The fraction of sp³-hybridized carbons (Fsp3) is 0.500. The maximum atomic E-state index is 10.7. The van der Waals surface area contributed by atoms with Crippen molar-refractivity contribution >= 4 is 13.8 Å². The van der Waals surface area contributed by atoms with Crippen molar-refractivity contribution in [3.8, 4) is 0 Å². The molecular formula is C6H11O6P. The third-order valence-corrected chi connectivity index (χ3v) is 1.37. The molecule has 0 aromatic carbocycles. The highest BCUT2D eigenvalue weighted by Gasteiger charge is 2.14. The number of hydrogen-bond acceptors (Lipinski definition) is 4. The molecule has 0 rings (SSSR count). The van der Waals surface area contributed by atoms with Crippen molar-refractivity contribution in [1.82, 2.24) is 0 Å². The van der Waals surface area contributed by atoms with E-state index in [2.05, 4.69) is 15.8 Å². The van der Waals surface area contributed by atoms with Crippen LogP contribution in [0.2, 0.25) is 0 Å². The Morgan fingerprint density at radius 1 is 1.54 bits per heavy atom. The number of phosphoric acid groups is 1. The second-order valence-electron chi connectivity index (χ2n) is 2.25. The SMILES string of the molecule is C=C(C)OC(=O)CCOP(=O)(O)O. The summed E-state index contributed by atoms with van der Waals surface area (Å²) in [5.74, 6) is -0.415. The molecule has 13 heavy (non-hydrogen) atoms.